The van der Waals surface area contributed by atoms with Gasteiger partial charge in [0.15, 0.2) is 22.4 Å². The molecular weight excluding hydrogens is 422 g/mol. The first-order valence-electron chi connectivity index (χ1n) is 10.4. The molecule has 2 aromatic carbocycles. The van der Waals surface area contributed by atoms with Gasteiger partial charge in [0.1, 0.15) is 0 Å². The molecule has 0 saturated heterocycles. The molecule has 5 aromatic rings. The second-order valence-corrected chi connectivity index (χ2v) is 8.24. The summed E-state index contributed by atoms with van der Waals surface area (Å²) in [6.45, 7) is 0.638. The van der Waals surface area contributed by atoms with Gasteiger partial charge in [0.25, 0.3) is 0 Å². The molecule has 1 N–H and O–H groups in total. The number of benzene rings is 2. The molecule has 5 rings (SSSR count). The third kappa shape index (κ3) is 4.22. The molecule has 0 radical (unpaired) electrons. The topological polar surface area (TPSA) is 85.3 Å². The molecule has 3 heterocycles. The van der Waals surface area contributed by atoms with E-state index in [1.807, 2.05) is 59.0 Å². The molecule has 32 heavy (non-hydrogen) atoms. The van der Waals surface area contributed by atoms with Crippen LogP contribution in [0.25, 0.3) is 28.1 Å². The van der Waals surface area contributed by atoms with Crippen molar-refractivity contribution in [2.45, 2.75) is 18.0 Å². The Labute approximate surface area is 188 Å². The van der Waals surface area contributed by atoms with Gasteiger partial charge in [0.2, 0.25) is 5.91 Å². The quantitative estimate of drug-likeness (QED) is 0.283. The zero-order valence-electron chi connectivity index (χ0n) is 17.3. The maximum absolute atomic E-state index is 12.4. The summed E-state index contributed by atoms with van der Waals surface area (Å²) in [5, 5.41) is 13.2. The lowest BCUT2D eigenvalue weighted by atomic mass is 10.1. The summed E-state index contributed by atoms with van der Waals surface area (Å²) in [5.74, 6) is 1.44. The van der Waals surface area contributed by atoms with Crippen molar-refractivity contribution >= 4 is 34.2 Å². The molecule has 0 spiro atoms. The van der Waals surface area contributed by atoms with Gasteiger partial charge in [-0.1, -0.05) is 54.2 Å². The fourth-order valence-corrected chi connectivity index (χ4v) is 4.33. The molecule has 0 aliphatic carbocycles. The number of aryl methyl sites for hydroxylation is 1. The van der Waals surface area contributed by atoms with Crippen molar-refractivity contribution < 1.29 is 9.21 Å². The molecule has 0 unspecified atom stereocenters. The fraction of sp³-hybridized carbons (Fsp3) is 0.167. The number of thioether (sulfide) groups is 1. The number of para-hydroxylation sites is 1. The van der Waals surface area contributed by atoms with E-state index in [0.29, 0.717) is 28.9 Å². The Morgan fingerprint density at radius 1 is 1.00 bits per heavy atom. The van der Waals surface area contributed by atoms with Crippen LogP contribution in [0.4, 0.5) is 0 Å². The third-order valence-corrected chi connectivity index (χ3v) is 6.03. The number of aromatic nitrogens is 4. The van der Waals surface area contributed by atoms with Crippen LogP contribution in [-0.2, 0) is 11.2 Å². The largest absolute Gasteiger partial charge is 0.461 e. The Balaban J connectivity index is 1.30. The smallest absolute Gasteiger partial charge is 0.230 e. The van der Waals surface area contributed by atoms with Crippen molar-refractivity contribution in [2.75, 3.05) is 12.3 Å². The number of carbonyl (C=O) groups excluding carboxylic acids is 1. The average molecular weight is 444 g/mol. The van der Waals surface area contributed by atoms with Crippen molar-refractivity contribution in [1.82, 2.24) is 24.9 Å². The Bertz CT molecular complexity index is 1350. The van der Waals surface area contributed by atoms with Crippen LogP contribution in [-0.4, -0.2) is 37.8 Å². The summed E-state index contributed by atoms with van der Waals surface area (Å²) in [6, 6.07) is 21.7. The van der Waals surface area contributed by atoms with Gasteiger partial charge in [-0.05, 0) is 42.7 Å². The van der Waals surface area contributed by atoms with Gasteiger partial charge in [-0.2, -0.15) is 0 Å². The first kappa shape index (κ1) is 20.3. The highest BCUT2D eigenvalue weighted by Crippen LogP contribution is 2.29. The predicted octanol–water partition coefficient (Wildman–Crippen LogP) is 4.38. The number of rotatable bonds is 8. The lowest BCUT2D eigenvalue weighted by molar-refractivity contribution is -0.118. The number of hydrogen-bond acceptors (Lipinski definition) is 6. The molecule has 0 saturated carbocycles. The van der Waals surface area contributed by atoms with Gasteiger partial charge >= 0.3 is 0 Å². The van der Waals surface area contributed by atoms with Crippen LogP contribution in [0.3, 0.4) is 0 Å². The minimum atomic E-state index is -0.0342. The van der Waals surface area contributed by atoms with E-state index in [4.69, 9.17) is 9.40 Å². The minimum absolute atomic E-state index is 0.0342. The monoisotopic (exact) mass is 443 g/mol. The van der Waals surface area contributed by atoms with Crippen LogP contribution in [0.2, 0.25) is 0 Å². The second kappa shape index (κ2) is 9.23. The molecule has 8 heteroatoms. The minimum Gasteiger partial charge on any atom is -0.461 e. The molecule has 0 atom stereocenters. The number of fused-ring (bicyclic) bond motifs is 3. The van der Waals surface area contributed by atoms with Gasteiger partial charge in [-0.3, -0.25) is 9.20 Å². The second-order valence-electron chi connectivity index (χ2n) is 7.30. The van der Waals surface area contributed by atoms with Crippen LogP contribution in [0, 0.1) is 0 Å². The lowest BCUT2D eigenvalue weighted by Gasteiger charge is -2.08. The molecular formula is C24H21N5O2S. The van der Waals surface area contributed by atoms with Crippen LogP contribution in [0.1, 0.15) is 12.0 Å². The Morgan fingerprint density at radius 2 is 1.84 bits per heavy atom. The van der Waals surface area contributed by atoms with Crippen molar-refractivity contribution in [3.8, 4) is 11.6 Å². The Hall–Kier alpha value is -3.65. The fourth-order valence-electron chi connectivity index (χ4n) is 3.57. The maximum Gasteiger partial charge on any atom is 0.230 e. The number of amides is 1. The highest BCUT2D eigenvalue weighted by atomic mass is 32.2. The van der Waals surface area contributed by atoms with Crippen LogP contribution >= 0.6 is 11.8 Å². The van der Waals surface area contributed by atoms with Crippen LogP contribution in [0.5, 0.6) is 0 Å². The van der Waals surface area contributed by atoms with E-state index in [1.54, 1.807) is 6.26 Å². The van der Waals surface area contributed by atoms with Crippen molar-refractivity contribution in [1.29, 1.82) is 0 Å². The molecule has 0 bridgehead atoms. The standard InChI is InChI=1S/C24H21N5O2S/c30-21(25-14-6-10-17-8-2-1-3-9-17)16-32-24-28-27-22-18-11-4-5-12-19(18)26-23(29(22)24)20-13-7-15-31-20/h1-5,7-9,11-13,15H,6,10,14,16H2,(H,25,30). The average Bonchev–Trinajstić information content (AvgIpc) is 3.51. The first-order valence-corrected chi connectivity index (χ1v) is 11.4. The summed E-state index contributed by atoms with van der Waals surface area (Å²) >= 11 is 1.33. The van der Waals surface area contributed by atoms with E-state index in [0.717, 1.165) is 23.7 Å². The lowest BCUT2D eigenvalue weighted by Crippen LogP contribution is -2.26. The maximum atomic E-state index is 12.4. The zero-order valence-corrected chi connectivity index (χ0v) is 18.1. The summed E-state index contributed by atoms with van der Waals surface area (Å²) in [7, 11) is 0. The van der Waals surface area contributed by atoms with Crippen molar-refractivity contribution in [2.24, 2.45) is 0 Å². The summed E-state index contributed by atoms with van der Waals surface area (Å²) < 4.78 is 7.46. The van der Waals surface area contributed by atoms with E-state index in [-0.39, 0.29) is 11.7 Å². The SMILES string of the molecule is O=C(CSc1nnc2c3ccccc3nc(-c3ccco3)n12)NCCCc1ccccc1. The van der Waals surface area contributed by atoms with E-state index < -0.39 is 0 Å². The summed E-state index contributed by atoms with van der Waals surface area (Å²) in [5.41, 5.74) is 2.77. The molecule has 1 amide bonds. The molecule has 0 aliphatic heterocycles. The number of nitrogens with zero attached hydrogens (tertiary/aromatic N) is 4. The molecule has 3 aromatic heterocycles. The normalized spacial score (nSPS) is 11.2. The van der Waals surface area contributed by atoms with Gasteiger partial charge in [-0.25, -0.2) is 4.98 Å². The van der Waals surface area contributed by atoms with E-state index in [9.17, 15) is 4.79 Å². The van der Waals surface area contributed by atoms with Crippen molar-refractivity contribution in [3.05, 3.63) is 78.6 Å². The van der Waals surface area contributed by atoms with Gasteiger partial charge in [-0.15, -0.1) is 10.2 Å². The van der Waals surface area contributed by atoms with E-state index in [1.165, 1.54) is 17.3 Å². The number of nitrogens with one attached hydrogen (secondary N) is 1. The molecule has 0 fully saturated rings. The predicted molar refractivity (Wildman–Crippen MR) is 124 cm³/mol. The van der Waals surface area contributed by atoms with E-state index >= 15 is 0 Å². The Kier molecular flexibility index (Phi) is 5.85. The number of carbonyl (C=O) groups is 1. The summed E-state index contributed by atoms with van der Waals surface area (Å²) in [4.78, 5) is 17.2. The van der Waals surface area contributed by atoms with Crippen LogP contribution in [0.15, 0.2) is 82.6 Å². The van der Waals surface area contributed by atoms with Gasteiger partial charge in [0, 0.05) is 11.9 Å². The highest BCUT2D eigenvalue weighted by molar-refractivity contribution is 7.99. The summed E-state index contributed by atoms with van der Waals surface area (Å²) in [6.07, 6.45) is 3.44. The van der Waals surface area contributed by atoms with Crippen LogP contribution < -0.4 is 5.32 Å². The number of furan rings is 1. The molecule has 160 valence electrons. The number of hydrogen-bond donors (Lipinski definition) is 1. The molecule has 7 nitrogen and oxygen atoms in total. The third-order valence-electron chi connectivity index (χ3n) is 5.10. The molecule has 0 aliphatic rings. The Morgan fingerprint density at radius 3 is 2.69 bits per heavy atom. The van der Waals surface area contributed by atoms with E-state index in [2.05, 4.69) is 27.6 Å². The first-order chi connectivity index (χ1) is 15.8. The zero-order chi connectivity index (χ0) is 21.8. The van der Waals surface area contributed by atoms with Gasteiger partial charge in [0.05, 0.1) is 17.5 Å². The highest BCUT2D eigenvalue weighted by Gasteiger charge is 2.18. The van der Waals surface area contributed by atoms with Crippen molar-refractivity contribution in [3.63, 3.8) is 0 Å². The van der Waals surface area contributed by atoms with Gasteiger partial charge < -0.3 is 9.73 Å².